The highest BCUT2D eigenvalue weighted by Gasteiger charge is 2.26. The first-order valence-electron chi connectivity index (χ1n) is 6.67. The van der Waals surface area contributed by atoms with Crippen LogP contribution in [0.25, 0.3) is 0 Å². The lowest BCUT2D eigenvalue weighted by Gasteiger charge is -2.30. The van der Waals surface area contributed by atoms with Crippen LogP contribution in [0, 0.1) is 11.7 Å². The van der Waals surface area contributed by atoms with E-state index in [1.807, 2.05) is 0 Å². The number of carbonyl (C=O) groups is 2. The molecule has 0 radical (unpaired) electrons. The van der Waals surface area contributed by atoms with Crippen molar-refractivity contribution in [3.8, 4) is 0 Å². The largest absolute Gasteiger partial charge is 0.481 e. The third kappa shape index (κ3) is 4.07. The van der Waals surface area contributed by atoms with Gasteiger partial charge in [-0.05, 0) is 31.0 Å². The maximum absolute atomic E-state index is 13.5. The number of carboxylic acids is 1. The molecule has 21 heavy (non-hydrogen) atoms. The van der Waals surface area contributed by atoms with Gasteiger partial charge in [0.05, 0.1) is 18.2 Å². The molecule has 1 aromatic carbocycles. The van der Waals surface area contributed by atoms with Gasteiger partial charge < -0.3 is 15.3 Å². The van der Waals surface area contributed by atoms with Crippen LogP contribution in [0.2, 0.25) is 5.02 Å². The van der Waals surface area contributed by atoms with E-state index in [-0.39, 0.29) is 24.1 Å². The lowest BCUT2D eigenvalue weighted by atomic mass is 9.97. The van der Waals surface area contributed by atoms with E-state index in [0.717, 1.165) is 0 Å². The number of nitrogens with one attached hydrogen (secondary N) is 1. The molecule has 0 unspecified atom stereocenters. The molecular weight excluding hydrogens is 299 g/mol. The predicted molar refractivity (Wildman–Crippen MR) is 76.8 cm³/mol. The fraction of sp³-hybridized carbons (Fsp3) is 0.429. The smallest absolute Gasteiger partial charge is 0.306 e. The van der Waals surface area contributed by atoms with Crippen LogP contribution in [0.1, 0.15) is 12.8 Å². The average Bonchev–Trinajstić information content (AvgIpc) is 2.46. The number of benzene rings is 1. The second-order valence-electron chi connectivity index (χ2n) is 4.97. The topological polar surface area (TPSA) is 69.6 Å². The summed E-state index contributed by atoms with van der Waals surface area (Å²) in [4.78, 5) is 24.4. The zero-order valence-corrected chi connectivity index (χ0v) is 12.1. The van der Waals surface area contributed by atoms with Crippen LogP contribution in [0.3, 0.4) is 0 Å². The van der Waals surface area contributed by atoms with Gasteiger partial charge in [0.15, 0.2) is 0 Å². The predicted octanol–water partition coefficient (Wildman–Crippen LogP) is 2.21. The molecule has 1 fully saturated rings. The van der Waals surface area contributed by atoms with Crippen LogP contribution < -0.4 is 5.32 Å². The minimum absolute atomic E-state index is 0.0315. The zero-order chi connectivity index (χ0) is 15.4. The van der Waals surface area contributed by atoms with Crippen LogP contribution in [-0.2, 0) is 9.59 Å². The van der Waals surface area contributed by atoms with E-state index < -0.39 is 11.8 Å². The Balaban J connectivity index is 1.84. The lowest BCUT2D eigenvalue weighted by molar-refractivity contribution is -0.145. The molecule has 0 aromatic heterocycles. The molecule has 5 nitrogen and oxygen atoms in total. The fourth-order valence-electron chi connectivity index (χ4n) is 2.29. The van der Waals surface area contributed by atoms with Crippen molar-refractivity contribution in [3.05, 3.63) is 29.0 Å². The van der Waals surface area contributed by atoms with Crippen LogP contribution in [0.5, 0.6) is 0 Å². The maximum Gasteiger partial charge on any atom is 0.306 e. The highest BCUT2D eigenvalue weighted by atomic mass is 35.5. The van der Waals surface area contributed by atoms with Crippen molar-refractivity contribution in [1.29, 1.82) is 0 Å². The first-order chi connectivity index (χ1) is 9.97. The number of halogens is 2. The average molecular weight is 315 g/mol. The van der Waals surface area contributed by atoms with Crippen LogP contribution in [-0.4, -0.2) is 41.5 Å². The van der Waals surface area contributed by atoms with Crippen molar-refractivity contribution < 1.29 is 19.1 Å². The van der Waals surface area contributed by atoms with E-state index in [1.54, 1.807) is 4.90 Å². The summed E-state index contributed by atoms with van der Waals surface area (Å²) in [6, 6.07) is 4.18. The van der Waals surface area contributed by atoms with Gasteiger partial charge in [-0.1, -0.05) is 11.6 Å². The SMILES string of the molecule is O=C(O)C1CCN(C(=O)CNc2ccc(Cl)cc2F)CC1. The van der Waals surface area contributed by atoms with Crippen LogP contribution in [0.4, 0.5) is 10.1 Å². The summed E-state index contributed by atoms with van der Waals surface area (Å²) < 4.78 is 13.5. The summed E-state index contributed by atoms with van der Waals surface area (Å²) in [6.07, 6.45) is 0.909. The van der Waals surface area contributed by atoms with Crippen LogP contribution in [0.15, 0.2) is 18.2 Å². The molecule has 2 rings (SSSR count). The molecule has 1 aromatic rings. The number of hydrogen-bond acceptors (Lipinski definition) is 3. The number of amides is 1. The molecule has 1 amide bonds. The molecule has 0 spiro atoms. The second-order valence-corrected chi connectivity index (χ2v) is 5.41. The van der Waals surface area contributed by atoms with Gasteiger partial charge in [0.2, 0.25) is 5.91 Å². The van der Waals surface area contributed by atoms with E-state index in [0.29, 0.717) is 31.0 Å². The van der Waals surface area contributed by atoms with Crippen molar-refractivity contribution >= 4 is 29.2 Å². The van der Waals surface area contributed by atoms with Crippen LogP contribution >= 0.6 is 11.6 Å². The molecule has 0 bridgehead atoms. The summed E-state index contributed by atoms with van der Waals surface area (Å²) in [6.45, 7) is 0.803. The lowest BCUT2D eigenvalue weighted by Crippen LogP contribution is -2.42. The highest BCUT2D eigenvalue weighted by Crippen LogP contribution is 2.20. The Morgan fingerprint density at radius 3 is 2.62 bits per heavy atom. The first-order valence-corrected chi connectivity index (χ1v) is 7.04. The van der Waals surface area contributed by atoms with Crippen molar-refractivity contribution in [2.75, 3.05) is 25.0 Å². The van der Waals surface area contributed by atoms with Crippen molar-refractivity contribution in [2.24, 2.45) is 5.92 Å². The zero-order valence-electron chi connectivity index (χ0n) is 11.3. The number of likely N-dealkylation sites (tertiary alicyclic amines) is 1. The highest BCUT2D eigenvalue weighted by molar-refractivity contribution is 6.30. The molecule has 0 atom stereocenters. The van der Waals surface area contributed by atoms with Gasteiger partial charge in [0.25, 0.3) is 0 Å². The molecule has 114 valence electrons. The number of aliphatic carboxylic acids is 1. The van der Waals surface area contributed by atoms with Crippen molar-refractivity contribution in [2.45, 2.75) is 12.8 Å². The van der Waals surface area contributed by atoms with Gasteiger partial charge in [-0.2, -0.15) is 0 Å². The molecule has 1 aliphatic rings. The Bertz CT molecular complexity index is 545. The Labute approximate surface area is 126 Å². The molecule has 0 saturated carbocycles. The standard InChI is InChI=1S/C14H16ClFN2O3/c15-10-1-2-12(11(16)7-10)17-8-13(19)18-5-3-9(4-6-18)14(20)21/h1-2,7,9,17H,3-6,8H2,(H,20,21). The Morgan fingerprint density at radius 1 is 1.38 bits per heavy atom. The van der Waals surface area contributed by atoms with Crippen molar-refractivity contribution in [1.82, 2.24) is 4.90 Å². The Hall–Kier alpha value is -1.82. The van der Waals surface area contributed by atoms with Gasteiger partial charge in [0, 0.05) is 18.1 Å². The Kier molecular flexibility index (Phi) is 5.01. The van der Waals surface area contributed by atoms with Gasteiger partial charge in [-0.15, -0.1) is 0 Å². The van der Waals surface area contributed by atoms with Gasteiger partial charge >= 0.3 is 5.97 Å². The minimum Gasteiger partial charge on any atom is -0.481 e. The fourth-order valence-corrected chi connectivity index (χ4v) is 2.45. The summed E-state index contributed by atoms with van der Waals surface area (Å²) in [5.41, 5.74) is 0.216. The molecule has 1 aliphatic heterocycles. The van der Waals surface area contributed by atoms with Gasteiger partial charge in [0.1, 0.15) is 5.82 Å². The van der Waals surface area contributed by atoms with E-state index in [2.05, 4.69) is 5.32 Å². The number of anilines is 1. The number of nitrogens with zero attached hydrogens (tertiary/aromatic N) is 1. The summed E-state index contributed by atoms with van der Waals surface area (Å²) in [7, 11) is 0. The molecule has 2 N–H and O–H groups in total. The van der Waals surface area contributed by atoms with E-state index in [1.165, 1.54) is 18.2 Å². The summed E-state index contributed by atoms with van der Waals surface area (Å²) in [5.74, 6) is -1.88. The summed E-state index contributed by atoms with van der Waals surface area (Å²) >= 11 is 5.65. The van der Waals surface area contributed by atoms with Gasteiger partial charge in [-0.25, -0.2) is 4.39 Å². The normalized spacial score (nSPS) is 15.8. The number of rotatable bonds is 4. The summed E-state index contributed by atoms with van der Waals surface area (Å²) in [5, 5.41) is 11.9. The molecule has 7 heteroatoms. The Morgan fingerprint density at radius 2 is 2.05 bits per heavy atom. The molecule has 1 heterocycles. The van der Waals surface area contributed by atoms with E-state index >= 15 is 0 Å². The first kappa shape index (κ1) is 15.6. The van der Waals surface area contributed by atoms with Gasteiger partial charge in [-0.3, -0.25) is 9.59 Å². The number of carbonyl (C=O) groups excluding carboxylic acids is 1. The number of carboxylic acid groups (broad SMARTS) is 1. The van der Waals surface area contributed by atoms with Crippen molar-refractivity contribution in [3.63, 3.8) is 0 Å². The van der Waals surface area contributed by atoms with E-state index in [4.69, 9.17) is 16.7 Å². The second kappa shape index (κ2) is 6.76. The third-order valence-corrected chi connectivity index (χ3v) is 3.79. The quantitative estimate of drug-likeness (QED) is 0.894. The molecular formula is C14H16ClFN2O3. The molecule has 1 saturated heterocycles. The number of hydrogen-bond donors (Lipinski definition) is 2. The third-order valence-electron chi connectivity index (χ3n) is 3.56. The monoisotopic (exact) mass is 314 g/mol. The molecule has 0 aliphatic carbocycles. The minimum atomic E-state index is -0.816. The maximum atomic E-state index is 13.5. The van der Waals surface area contributed by atoms with E-state index in [9.17, 15) is 14.0 Å². The number of piperidine rings is 1.